The third-order valence-corrected chi connectivity index (χ3v) is 5.12. The molecular weight excluding hydrogens is 362 g/mol. The Hall–Kier alpha value is -2.35. The summed E-state index contributed by atoms with van der Waals surface area (Å²) < 4.78 is 5.09. The molecule has 0 bridgehead atoms. The van der Waals surface area contributed by atoms with Crippen molar-refractivity contribution in [1.29, 1.82) is 0 Å². The molecule has 0 atom stereocenters. The van der Waals surface area contributed by atoms with Crippen LogP contribution in [0.3, 0.4) is 0 Å². The van der Waals surface area contributed by atoms with Crippen LogP contribution in [-0.4, -0.2) is 54.5 Å². The maximum Gasteiger partial charge on any atom is 0.309 e. The normalized spacial score (nSPS) is 17.6. The Kier molecular flexibility index (Phi) is 5.61. The molecule has 1 heterocycles. The van der Waals surface area contributed by atoms with Crippen LogP contribution in [0, 0.1) is 16.0 Å². The molecule has 3 rings (SSSR count). The van der Waals surface area contributed by atoms with Crippen molar-refractivity contribution in [2.24, 2.45) is 5.92 Å². The van der Waals surface area contributed by atoms with Crippen molar-refractivity contribution in [3.8, 4) is 0 Å². The van der Waals surface area contributed by atoms with Gasteiger partial charge in [0.15, 0.2) is 6.61 Å². The number of hydrogen-bond donors (Lipinski definition) is 0. The number of anilines is 1. The Morgan fingerprint density at radius 3 is 2.50 bits per heavy atom. The van der Waals surface area contributed by atoms with Crippen LogP contribution in [0.1, 0.15) is 19.3 Å². The Balaban J connectivity index is 1.53. The SMILES string of the molecule is O=C(OCC(=O)N1CCN(c2ccc(Cl)cc2[N+](=O)[O-])CC1)C1CCC1. The zero-order chi connectivity index (χ0) is 18.7. The first-order valence-electron chi connectivity index (χ1n) is 8.59. The first kappa shape index (κ1) is 18.4. The van der Waals surface area contributed by atoms with Crippen LogP contribution in [0.4, 0.5) is 11.4 Å². The summed E-state index contributed by atoms with van der Waals surface area (Å²) in [6.45, 7) is 1.52. The van der Waals surface area contributed by atoms with E-state index in [9.17, 15) is 19.7 Å². The molecule has 1 aromatic rings. The van der Waals surface area contributed by atoms with Crippen LogP contribution in [0.2, 0.25) is 5.02 Å². The second kappa shape index (κ2) is 7.90. The van der Waals surface area contributed by atoms with Crippen LogP contribution in [0.25, 0.3) is 0 Å². The molecule has 8 nitrogen and oxygen atoms in total. The Bertz CT molecular complexity index is 714. The summed E-state index contributed by atoms with van der Waals surface area (Å²) in [7, 11) is 0. The number of piperazine rings is 1. The number of benzene rings is 1. The largest absolute Gasteiger partial charge is 0.455 e. The predicted octanol–water partition coefficient (Wildman–Crippen LogP) is 2.24. The third-order valence-electron chi connectivity index (χ3n) is 4.88. The Morgan fingerprint density at radius 1 is 1.23 bits per heavy atom. The molecule has 2 fully saturated rings. The van der Waals surface area contributed by atoms with Gasteiger partial charge in [-0.2, -0.15) is 0 Å². The molecule has 2 aliphatic rings. The molecule has 0 radical (unpaired) electrons. The van der Waals surface area contributed by atoms with Crippen LogP contribution < -0.4 is 4.90 Å². The summed E-state index contributed by atoms with van der Waals surface area (Å²) in [5.41, 5.74) is 0.439. The molecule has 140 valence electrons. The molecule has 1 saturated carbocycles. The molecule has 0 aromatic heterocycles. The van der Waals surface area contributed by atoms with E-state index in [-0.39, 0.29) is 30.1 Å². The summed E-state index contributed by atoms with van der Waals surface area (Å²) in [6, 6.07) is 4.56. The first-order chi connectivity index (χ1) is 12.5. The van der Waals surface area contributed by atoms with Crippen molar-refractivity contribution in [1.82, 2.24) is 4.90 Å². The highest BCUT2D eigenvalue weighted by Crippen LogP contribution is 2.31. The summed E-state index contributed by atoms with van der Waals surface area (Å²) in [5, 5.41) is 11.5. The minimum atomic E-state index is -0.460. The lowest BCUT2D eigenvalue weighted by atomic mass is 9.86. The van der Waals surface area contributed by atoms with Gasteiger partial charge in [0.2, 0.25) is 0 Å². The lowest BCUT2D eigenvalue weighted by Crippen LogP contribution is -2.50. The Labute approximate surface area is 155 Å². The number of ether oxygens (including phenoxy) is 1. The highest BCUT2D eigenvalue weighted by Gasteiger charge is 2.29. The van der Waals surface area contributed by atoms with Crippen molar-refractivity contribution in [3.05, 3.63) is 33.3 Å². The van der Waals surface area contributed by atoms with Crippen molar-refractivity contribution < 1.29 is 19.2 Å². The lowest BCUT2D eigenvalue weighted by molar-refractivity contribution is -0.384. The van der Waals surface area contributed by atoms with Crippen molar-refractivity contribution in [2.75, 3.05) is 37.7 Å². The molecule has 0 spiro atoms. The van der Waals surface area contributed by atoms with Gasteiger partial charge in [-0.25, -0.2) is 0 Å². The van der Waals surface area contributed by atoms with Crippen molar-refractivity contribution in [2.45, 2.75) is 19.3 Å². The Morgan fingerprint density at radius 2 is 1.92 bits per heavy atom. The second-order valence-electron chi connectivity index (χ2n) is 6.49. The van der Waals surface area contributed by atoms with Gasteiger partial charge in [-0.1, -0.05) is 18.0 Å². The second-order valence-corrected chi connectivity index (χ2v) is 6.93. The summed E-state index contributed by atoms with van der Waals surface area (Å²) in [4.78, 5) is 38.1. The number of nitro benzene ring substituents is 1. The van der Waals surface area contributed by atoms with Gasteiger partial charge >= 0.3 is 5.97 Å². The maximum absolute atomic E-state index is 12.2. The van der Waals surface area contributed by atoms with Crippen LogP contribution in [0.5, 0.6) is 0 Å². The number of nitro groups is 1. The van der Waals surface area contributed by atoms with E-state index < -0.39 is 4.92 Å². The highest BCUT2D eigenvalue weighted by molar-refractivity contribution is 6.30. The van der Waals surface area contributed by atoms with Gasteiger partial charge in [-0.15, -0.1) is 0 Å². The molecular formula is C17H20ClN3O5. The fraction of sp³-hybridized carbons (Fsp3) is 0.529. The molecule has 0 N–H and O–H groups in total. The smallest absolute Gasteiger partial charge is 0.309 e. The summed E-state index contributed by atoms with van der Waals surface area (Å²) in [6.07, 6.45) is 2.71. The number of hydrogen-bond acceptors (Lipinski definition) is 6. The van der Waals surface area contributed by atoms with E-state index >= 15 is 0 Å². The number of halogens is 1. The molecule has 0 unspecified atom stereocenters. The molecule has 26 heavy (non-hydrogen) atoms. The van der Waals surface area contributed by atoms with Gasteiger partial charge in [0.25, 0.3) is 11.6 Å². The zero-order valence-electron chi connectivity index (χ0n) is 14.2. The average Bonchev–Trinajstić information content (AvgIpc) is 2.58. The van der Waals surface area contributed by atoms with E-state index in [0.29, 0.717) is 36.9 Å². The summed E-state index contributed by atoms with van der Waals surface area (Å²) >= 11 is 5.84. The van der Waals surface area contributed by atoms with Gasteiger partial charge < -0.3 is 14.5 Å². The number of carbonyl (C=O) groups is 2. The summed E-state index contributed by atoms with van der Waals surface area (Å²) in [5.74, 6) is -0.576. The number of amides is 1. The molecule has 1 saturated heterocycles. The lowest BCUT2D eigenvalue weighted by Gasteiger charge is -2.35. The van der Waals surface area contributed by atoms with E-state index in [4.69, 9.17) is 16.3 Å². The monoisotopic (exact) mass is 381 g/mol. The minimum Gasteiger partial charge on any atom is -0.455 e. The van der Waals surface area contributed by atoms with E-state index in [2.05, 4.69) is 0 Å². The van der Waals surface area contributed by atoms with Gasteiger partial charge in [0.1, 0.15) is 5.69 Å². The number of esters is 1. The van der Waals surface area contributed by atoms with E-state index in [1.54, 1.807) is 17.0 Å². The highest BCUT2D eigenvalue weighted by atomic mass is 35.5. The number of carbonyl (C=O) groups excluding carboxylic acids is 2. The van der Waals surface area contributed by atoms with Gasteiger partial charge in [-0.3, -0.25) is 19.7 Å². The van der Waals surface area contributed by atoms with Crippen LogP contribution in [-0.2, 0) is 14.3 Å². The molecule has 1 amide bonds. The van der Waals surface area contributed by atoms with Gasteiger partial charge in [-0.05, 0) is 25.0 Å². The molecule has 1 aromatic carbocycles. The van der Waals surface area contributed by atoms with E-state index in [1.807, 2.05) is 4.90 Å². The van der Waals surface area contributed by atoms with E-state index in [0.717, 1.165) is 19.3 Å². The van der Waals surface area contributed by atoms with Gasteiger partial charge in [0.05, 0.1) is 10.8 Å². The van der Waals surface area contributed by atoms with Crippen molar-refractivity contribution >= 4 is 34.9 Å². The topological polar surface area (TPSA) is 93.0 Å². The fourth-order valence-electron chi connectivity index (χ4n) is 3.09. The predicted molar refractivity (Wildman–Crippen MR) is 95.2 cm³/mol. The van der Waals surface area contributed by atoms with Gasteiger partial charge in [0, 0.05) is 37.3 Å². The average molecular weight is 382 g/mol. The molecule has 1 aliphatic carbocycles. The first-order valence-corrected chi connectivity index (χ1v) is 8.97. The number of rotatable bonds is 5. The van der Waals surface area contributed by atoms with E-state index in [1.165, 1.54) is 6.07 Å². The van der Waals surface area contributed by atoms with Crippen LogP contribution >= 0.6 is 11.6 Å². The molecule has 1 aliphatic heterocycles. The minimum absolute atomic E-state index is 0.0493. The zero-order valence-corrected chi connectivity index (χ0v) is 15.0. The third kappa shape index (κ3) is 4.07. The molecule has 9 heteroatoms. The maximum atomic E-state index is 12.2. The standard InChI is InChI=1S/C17H20ClN3O5/c18-13-4-5-14(15(10-13)21(24)25)19-6-8-20(9-7-19)16(22)11-26-17(23)12-2-1-3-12/h4-5,10,12H,1-3,6-9,11H2. The van der Waals surface area contributed by atoms with Crippen molar-refractivity contribution in [3.63, 3.8) is 0 Å². The fourth-order valence-corrected chi connectivity index (χ4v) is 3.26. The van der Waals surface area contributed by atoms with Crippen LogP contribution in [0.15, 0.2) is 18.2 Å². The number of nitrogens with zero attached hydrogens (tertiary/aromatic N) is 3. The quantitative estimate of drug-likeness (QED) is 0.441.